The molecule has 4 heteroatoms. The lowest BCUT2D eigenvalue weighted by Crippen LogP contribution is -2.32. The van der Waals surface area contributed by atoms with Crippen LogP contribution in [0.2, 0.25) is 0 Å². The molecule has 0 bridgehead atoms. The first-order valence-corrected chi connectivity index (χ1v) is 5.77. The van der Waals surface area contributed by atoms with Crippen molar-refractivity contribution in [3.8, 4) is 12.3 Å². The highest BCUT2D eigenvalue weighted by atomic mass is 16.1. The van der Waals surface area contributed by atoms with Gasteiger partial charge in [-0.15, -0.1) is 12.3 Å². The second-order valence-corrected chi connectivity index (χ2v) is 4.45. The average Bonchev–Trinajstić information content (AvgIpc) is 2.28. The summed E-state index contributed by atoms with van der Waals surface area (Å²) in [6, 6.07) is 5.21. The fraction of sp³-hybridized carbons (Fsp3) is 0.357. The summed E-state index contributed by atoms with van der Waals surface area (Å²) in [5.74, 6) is 2.36. The lowest BCUT2D eigenvalue weighted by atomic mass is 10.1. The molecule has 1 aromatic carbocycles. The summed E-state index contributed by atoms with van der Waals surface area (Å²) < 4.78 is 0. The summed E-state index contributed by atoms with van der Waals surface area (Å²) >= 11 is 0. The number of carbonyl (C=O) groups excluding carboxylic acids is 1. The Hall–Kier alpha value is -2.15. The molecule has 0 saturated heterocycles. The van der Waals surface area contributed by atoms with Crippen LogP contribution in [-0.4, -0.2) is 26.0 Å². The number of carbonyl (C=O) groups is 1. The molecular weight excluding hydrogens is 226 g/mol. The zero-order chi connectivity index (χ0) is 13.7. The molecule has 18 heavy (non-hydrogen) atoms. The van der Waals surface area contributed by atoms with E-state index in [-0.39, 0.29) is 11.9 Å². The van der Waals surface area contributed by atoms with Crippen LogP contribution in [0.4, 0.5) is 11.4 Å². The number of nitrogens with one attached hydrogen (secondary N) is 1. The van der Waals surface area contributed by atoms with E-state index in [9.17, 15) is 4.79 Å². The average molecular weight is 245 g/mol. The Morgan fingerprint density at radius 2 is 2.22 bits per heavy atom. The van der Waals surface area contributed by atoms with Crippen molar-refractivity contribution in [2.75, 3.05) is 24.7 Å². The van der Waals surface area contributed by atoms with Gasteiger partial charge >= 0.3 is 0 Å². The van der Waals surface area contributed by atoms with Gasteiger partial charge in [-0.05, 0) is 25.1 Å². The van der Waals surface area contributed by atoms with Gasteiger partial charge in [-0.25, -0.2) is 0 Å². The predicted octanol–water partition coefficient (Wildman–Crippen LogP) is 1.48. The van der Waals surface area contributed by atoms with Crippen molar-refractivity contribution in [1.82, 2.24) is 5.32 Å². The van der Waals surface area contributed by atoms with Crippen molar-refractivity contribution < 1.29 is 4.79 Å². The van der Waals surface area contributed by atoms with Crippen LogP contribution in [0.3, 0.4) is 0 Å². The van der Waals surface area contributed by atoms with Crippen LogP contribution in [0.15, 0.2) is 18.2 Å². The number of nitrogens with zero attached hydrogens (tertiary/aromatic N) is 1. The van der Waals surface area contributed by atoms with E-state index in [0.29, 0.717) is 17.7 Å². The van der Waals surface area contributed by atoms with E-state index in [1.807, 2.05) is 32.0 Å². The zero-order valence-corrected chi connectivity index (χ0v) is 11.0. The highest BCUT2D eigenvalue weighted by molar-refractivity contribution is 5.96. The summed E-state index contributed by atoms with van der Waals surface area (Å²) in [5, 5.41) is 2.82. The standard InChI is InChI=1S/C14H19N3O/c1-5-6-10(2)16-14(18)11-7-8-13(17(3)4)12(15)9-11/h1,7-10H,6,15H2,2-4H3,(H,16,18). The first-order valence-electron chi connectivity index (χ1n) is 5.77. The summed E-state index contributed by atoms with van der Waals surface area (Å²) in [6.07, 6.45) is 5.71. The minimum absolute atomic E-state index is 0.0442. The van der Waals surface area contributed by atoms with Crippen molar-refractivity contribution >= 4 is 17.3 Å². The molecule has 1 aromatic rings. The van der Waals surface area contributed by atoms with E-state index >= 15 is 0 Å². The van der Waals surface area contributed by atoms with Gasteiger partial charge in [0.25, 0.3) is 5.91 Å². The number of hydrogen-bond donors (Lipinski definition) is 2. The molecule has 0 aliphatic rings. The number of hydrogen-bond acceptors (Lipinski definition) is 3. The van der Waals surface area contributed by atoms with Gasteiger partial charge in [-0.1, -0.05) is 0 Å². The summed E-state index contributed by atoms with van der Waals surface area (Å²) in [4.78, 5) is 13.8. The third-order valence-electron chi connectivity index (χ3n) is 2.57. The Morgan fingerprint density at radius 3 is 2.72 bits per heavy atom. The molecule has 0 heterocycles. The highest BCUT2D eigenvalue weighted by Gasteiger charge is 2.11. The smallest absolute Gasteiger partial charge is 0.251 e. The van der Waals surface area contributed by atoms with Gasteiger partial charge < -0.3 is 16.0 Å². The Kier molecular flexibility index (Phi) is 4.61. The van der Waals surface area contributed by atoms with Gasteiger partial charge in [0.05, 0.1) is 11.4 Å². The summed E-state index contributed by atoms with van der Waals surface area (Å²) in [7, 11) is 3.81. The van der Waals surface area contributed by atoms with Crippen LogP contribution in [0.1, 0.15) is 23.7 Å². The first-order chi connectivity index (χ1) is 8.45. The van der Waals surface area contributed by atoms with Gasteiger partial charge in [0.1, 0.15) is 0 Å². The Bertz CT molecular complexity index is 474. The van der Waals surface area contributed by atoms with Gasteiger partial charge in [0, 0.05) is 32.1 Å². The maximum atomic E-state index is 11.9. The molecule has 1 atom stereocenters. The van der Waals surface area contributed by atoms with Crippen LogP contribution in [0, 0.1) is 12.3 Å². The molecule has 1 unspecified atom stereocenters. The largest absolute Gasteiger partial charge is 0.397 e. The third kappa shape index (κ3) is 3.42. The third-order valence-corrected chi connectivity index (χ3v) is 2.57. The number of benzene rings is 1. The fourth-order valence-corrected chi connectivity index (χ4v) is 1.64. The van der Waals surface area contributed by atoms with Gasteiger partial charge in [0.15, 0.2) is 0 Å². The Labute approximate surface area is 108 Å². The fourth-order valence-electron chi connectivity index (χ4n) is 1.64. The minimum Gasteiger partial charge on any atom is -0.397 e. The molecule has 0 radical (unpaired) electrons. The molecule has 1 amide bonds. The summed E-state index contributed by atoms with van der Waals surface area (Å²) in [6.45, 7) is 1.87. The van der Waals surface area contributed by atoms with Crippen molar-refractivity contribution in [2.45, 2.75) is 19.4 Å². The topological polar surface area (TPSA) is 58.4 Å². The molecule has 0 spiro atoms. The van der Waals surface area contributed by atoms with Crippen molar-refractivity contribution in [2.24, 2.45) is 0 Å². The second kappa shape index (κ2) is 5.97. The molecule has 4 nitrogen and oxygen atoms in total. The monoisotopic (exact) mass is 245 g/mol. The Balaban J connectivity index is 2.82. The molecule has 96 valence electrons. The van der Waals surface area contributed by atoms with E-state index in [1.54, 1.807) is 12.1 Å². The van der Waals surface area contributed by atoms with Gasteiger partial charge in [0.2, 0.25) is 0 Å². The molecule has 3 N–H and O–H groups in total. The maximum absolute atomic E-state index is 11.9. The normalized spacial score (nSPS) is 11.4. The molecular formula is C14H19N3O. The molecule has 1 rings (SSSR count). The van der Waals surface area contributed by atoms with Gasteiger partial charge in [-0.2, -0.15) is 0 Å². The van der Waals surface area contributed by atoms with E-state index in [1.165, 1.54) is 0 Å². The van der Waals surface area contributed by atoms with Crippen molar-refractivity contribution in [3.63, 3.8) is 0 Å². The quantitative estimate of drug-likeness (QED) is 0.624. The minimum atomic E-state index is -0.158. The molecule has 0 fully saturated rings. The lowest BCUT2D eigenvalue weighted by molar-refractivity contribution is 0.0941. The van der Waals surface area contributed by atoms with Gasteiger partial charge in [-0.3, -0.25) is 4.79 Å². The van der Waals surface area contributed by atoms with E-state index in [0.717, 1.165) is 5.69 Å². The van der Waals surface area contributed by atoms with Crippen LogP contribution in [0.25, 0.3) is 0 Å². The maximum Gasteiger partial charge on any atom is 0.251 e. The molecule has 0 aliphatic heterocycles. The Morgan fingerprint density at radius 1 is 1.56 bits per heavy atom. The number of terminal acetylenes is 1. The number of nitrogen functional groups attached to an aromatic ring is 1. The van der Waals surface area contributed by atoms with Crippen molar-refractivity contribution in [1.29, 1.82) is 0 Å². The van der Waals surface area contributed by atoms with E-state index < -0.39 is 0 Å². The van der Waals surface area contributed by atoms with Crippen molar-refractivity contribution in [3.05, 3.63) is 23.8 Å². The summed E-state index contributed by atoms with van der Waals surface area (Å²) in [5.41, 5.74) is 7.91. The number of anilines is 2. The SMILES string of the molecule is C#CCC(C)NC(=O)c1ccc(N(C)C)c(N)c1. The lowest BCUT2D eigenvalue weighted by Gasteiger charge is -2.16. The van der Waals surface area contributed by atoms with Crippen LogP contribution < -0.4 is 16.0 Å². The number of nitrogens with two attached hydrogens (primary N) is 1. The first kappa shape index (κ1) is 13.9. The zero-order valence-electron chi connectivity index (χ0n) is 11.0. The predicted molar refractivity (Wildman–Crippen MR) is 75.6 cm³/mol. The van der Waals surface area contributed by atoms with Crippen LogP contribution in [-0.2, 0) is 0 Å². The second-order valence-electron chi connectivity index (χ2n) is 4.45. The van der Waals surface area contributed by atoms with E-state index in [2.05, 4.69) is 11.2 Å². The van der Waals surface area contributed by atoms with E-state index in [4.69, 9.17) is 12.2 Å². The molecule has 0 aromatic heterocycles. The number of rotatable bonds is 4. The van der Waals surface area contributed by atoms with Crippen LogP contribution in [0.5, 0.6) is 0 Å². The molecule has 0 saturated carbocycles. The highest BCUT2D eigenvalue weighted by Crippen LogP contribution is 2.22. The number of amides is 1. The molecule has 0 aliphatic carbocycles. The van der Waals surface area contributed by atoms with Crippen LogP contribution >= 0.6 is 0 Å².